The molecule has 6 rings (SSSR count). The number of hydrogen-bond acceptors (Lipinski definition) is 7. The third-order valence-electron chi connectivity index (χ3n) is 6.61. The molecular formula is C27H24N6OS. The molecule has 0 amide bonds. The molecule has 4 heterocycles. The van der Waals surface area contributed by atoms with Crippen LogP contribution < -0.4 is 4.74 Å². The highest BCUT2D eigenvalue weighted by Crippen LogP contribution is 2.36. The average molecular weight is 481 g/mol. The molecule has 7 nitrogen and oxygen atoms in total. The Kier molecular flexibility index (Phi) is 5.64. The lowest BCUT2D eigenvalue weighted by Gasteiger charge is -2.29. The fraction of sp³-hybridized carbons (Fsp3) is 0.259. The van der Waals surface area contributed by atoms with Crippen molar-refractivity contribution in [2.24, 2.45) is 5.92 Å². The van der Waals surface area contributed by atoms with Crippen molar-refractivity contribution in [2.45, 2.75) is 12.8 Å². The maximum Gasteiger partial charge on any atom is 0.240 e. The molecule has 0 N–H and O–H groups in total. The van der Waals surface area contributed by atoms with Crippen LogP contribution in [-0.4, -0.2) is 51.0 Å². The number of thiazole rings is 1. The molecular weight excluding hydrogens is 456 g/mol. The highest BCUT2D eigenvalue weighted by atomic mass is 32.1. The molecule has 1 aliphatic rings. The minimum Gasteiger partial charge on any atom is -0.476 e. The summed E-state index contributed by atoms with van der Waals surface area (Å²) in [6, 6.07) is 16.0. The first-order valence-corrected chi connectivity index (χ1v) is 12.6. The van der Waals surface area contributed by atoms with Crippen LogP contribution in [0.3, 0.4) is 0 Å². The van der Waals surface area contributed by atoms with Crippen LogP contribution >= 0.6 is 11.3 Å². The number of ether oxygens (including phenoxy) is 1. The van der Waals surface area contributed by atoms with E-state index in [0.29, 0.717) is 24.0 Å². The normalized spacial score (nSPS) is 16.5. The molecule has 0 bridgehead atoms. The van der Waals surface area contributed by atoms with Gasteiger partial charge in [0.2, 0.25) is 5.88 Å². The van der Waals surface area contributed by atoms with Crippen LogP contribution in [0.2, 0.25) is 0 Å². The maximum atomic E-state index is 9.27. The Bertz CT molecular complexity index is 1550. The molecule has 8 heteroatoms. The number of nitrogens with zero attached hydrogens (tertiary/aromatic N) is 6. The van der Waals surface area contributed by atoms with Crippen molar-refractivity contribution >= 4 is 27.1 Å². The smallest absolute Gasteiger partial charge is 0.240 e. The number of benzene rings is 2. The van der Waals surface area contributed by atoms with Gasteiger partial charge in [0.1, 0.15) is 5.52 Å². The number of likely N-dealkylation sites (tertiary alicyclic amines) is 1. The van der Waals surface area contributed by atoms with Gasteiger partial charge in [-0.15, -0.1) is 11.3 Å². The van der Waals surface area contributed by atoms with Crippen molar-refractivity contribution in [1.82, 2.24) is 24.3 Å². The molecule has 1 atom stereocenters. The number of hydrogen-bond donors (Lipinski definition) is 0. The lowest BCUT2D eigenvalue weighted by atomic mass is 10.00. The fourth-order valence-electron chi connectivity index (χ4n) is 4.85. The van der Waals surface area contributed by atoms with E-state index in [4.69, 9.17) is 9.72 Å². The molecule has 2 aromatic carbocycles. The molecule has 3 aromatic heterocycles. The number of fused-ring (bicyclic) bond motifs is 2. The van der Waals surface area contributed by atoms with E-state index in [2.05, 4.69) is 50.6 Å². The van der Waals surface area contributed by atoms with E-state index in [1.807, 2.05) is 42.3 Å². The second-order valence-electron chi connectivity index (χ2n) is 9.07. The quantitative estimate of drug-likeness (QED) is 0.341. The van der Waals surface area contributed by atoms with Crippen molar-refractivity contribution < 1.29 is 4.74 Å². The van der Waals surface area contributed by atoms with E-state index >= 15 is 0 Å². The van der Waals surface area contributed by atoms with Gasteiger partial charge in [-0.25, -0.2) is 15.0 Å². The minimum absolute atomic E-state index is 0.476. The molecule has 5 aromatic rings. The second-order valence-corrected chi connectivity index (χ2v) is 9.95. The predicted molar refractivity (Wildman–Crippen MR) is 137 cm³/mol. The van der Waals surface area contributed by atoms with Crippen molar-refractivity contribution in [3.05, 3.63) is 66.1 Å². The second kappa shape index (κ2) is 9.10. The summed E-state index contributed by atoms with van der Waals surface area (Å²) < 4.78 is 9.55. The highest BCUT2D eigenvalue weighted by Gasteiger charge is 2.22. The minimum atomic E-state index is 0.476. The Morgan fingerprint density at radius 3 is 2.86 bits per heavy atom. The topological polar surface area (TPSA) is 79.3 Å². The lowest BCUT2D eigenvalue weighted by Crippen LogP contribution is -2.34. The number of nitriles is 1. The van der Waals surface area contributed by atoms with E-state index in [1.54, 1.807) is 11.3 Å². The van der Waals surface area contributed by atoms with Crippen molar-refractivity contribution in [3.8, 4) is 34.5 Å². The first-order chi connectivity index (χ1) is 17.2. The van der Waals surface area contributed by atoms with Crippen LogP contribution in [0.1, 0.15) is 18.4 Å². The van der Waals surface area contributed by atoms with Gasteiger partial charge in [-0.2, -0.15) is 5.26 Å². The van der Waals surface area contributed by atoms with Crippen LogP contribution in [0.25, 0.3) is 38.2 Å². The molecule has 0 radical (unpaired) electrons. The van der Waals surface area contributed by atoms with Gasteiger partial charge in [-0.1, -0.05) is 18.2 Å². The average Bonchev–Trinajstić information content (AvgIpc) is 3.56. The molecule has 0 aliphatic carbocycles. The van der Waals surface area contributed by atoms with E-state index in [1.165, 1.54) is 6.42 Å². The predicted octanol–water partition coefficient (Wildman–Crippen LogP) is 5.27. The number of piperidine rings is 1. The lowest BCUT2D eigenvalue weighted by molar-refractivity contribution is 0.148. The molecule has 1 aliphatic heterocycles. The Labute approximate surface area is 207 Å². The molecule has 174 valence electrons. The number of imidazole rings is 1. The summed E-state index contributed by atoms with van der Waals surface area (Å²) in [5.41, 5.74) is 7.87. The summed E-state index contributed by atoms with van der Waals surface area (Å²) in [5, 5.41) is 9.27. The zero-order chi connectivity index (χ0) is 23.8. The molecule has 1 fully saturated rings. The SMILES string of the molecule is CN1CCC[C@@H](COc2nc(-c3ccc(C#N)cc3)c(-c3ccc4scnc4c3)n3cncc23)C1. The Hall–Kier alpha value is -3.80. The largest absolute Gasteiger partial charge is 0.476 e. The molecule has 0 spiro atoms. The van der Waals surface area contributed by atoms with Crippen LogP contribution in [0.4, 0.5) is 0 Å². The molecule has 0 saturated carbocycles. The standard InChI is InChI=1S/C27H24N6OS/c1-32-10-2-3-19(14-32)15-34-27-23-13-29-16-33(23)26(21-8-9-24-22(11-21)30-17-35-24)25(31-27)20-6-4-18(12-28)5-7-20/h4-9,11,13,16-17,19H,2-3,10,14-15H2,1H3/t19-/m1/s1. The van der Waals surface area contributed by atoms with E-state index < -0.39 is 0 Å². The summed E-state index contributed by atoms with van der Waals surface area (Å²) in [4.78, 5) is 16.4. The summed E-state index contributed by atoms with van der Waals surface area (Å²) in [6.07, 6.45) is 5.97. The molecule has 1 saturated heterocycles. The van der Waals surface area contributed by atoms with Gasteiger partial charge < -0.3 is 9.64 Å². The fourth-order valence-corrected chi connectivity index (χ4v) is 5.51. The Morgan fingerprint density at radius 1 is 1.17 bits per heavy atom. The molecule has 0 unspecified atom stereocenters. The summed E-state index contributed by atoms with van der Waals surface area (Å²) in [5.74, 6) is 1.05. The highest BCUT2D eigenvalue weighted by molar-refractivity contribution is 7.16. The van der Waals surface area contributed by atoms with Gasteiger partial charge in [0.05, 0.1) is 57.9 Å². The maximum absolute atomic E-state index is 9.27. The third-order valence-corrected chi connectivity index (χ3v) is 7.42. The van der Waals surface area contributed by atoms with Gasteiger partial charge in [-0.3, -0.25) is 4.40 Å². The Morgan fingerprint density at radius 2 is 2.03 bits per heavy atom. The number of aromatic nitrogens is 4. The Balaban J connectivity index is 1.49. The van der Waals surface area contributed by atoms with E-state index in [9.17, 15) is 5.26 Å². The monoisotopic (exact) mass is 480 g/mol. The van der Waals surface area contributed by atoms with Crippen LogP contribution in [-0.2, 0) is 0 Å². The van der Waals surface area contributed by atoms with Gasteiger partial charge in [0.25, 0.3) is 0 Å². The van der Waals surface area contributed by atoms with E-state index in [0.717, 1.165) is 57.8 Å². The van der Waals surface area contributed by atoms with Crippen molar-refractivity contribution in [1.29, 1.82) is 5.26 Å². The first kappa shape index (κ1) is 21.7. The van der Waals surface area contributed by atoms with Crippen LogP contribution in [0, 0.1) is 17.2 Å². The first-order valence-electron chi connectivity index (χ1n) is 11.7. The van der Waals surface area contributed by atoms with Crippen LogP contribution in [0.15, 0.2) is 60.5 Å². The molecule has 35 heavy (non-hydrogen) atoms. The summed E-state index contributed by atoms with van der Waals surface area (Å²) in [7, 11) is 2.16. The van der Waals surface area contributed by atoms with E-state index in [-0.39, 0.29) is 0 Å². The summed E-state index contributed by atoms with van der Waals surface area (Å²) >= 11 is 1.62. The van der Waals surface area contributed by atoms with Gasteiger partial charge >= 0.3 is 0 Å². The zero-order valence-electron chi connectivity index (χ0n) is 19.4. The van der Waals surface area contributed by atoms with Gasteiger partial charge in [0.15, 0.2) is 0 Å². The number of rotatable bonds is 5. The van der Waals surface area contributed by atoms with Crippen molar-refractivity contribution in [3.63, 3.8) is 0 Å². The summed E-state index contributed by atoms with van der Waals surface area (Å²) in [6.45, 7) is 2.79. The van der Waals surface area contributed by atoms with Crippen LogP contribution in [0.5, 0.6) is 5.88 Å². The van der Waals surface area contributed by atoms with Gasteiger partial charge in [-0.05, 0) is 50.7 Å². The van der Waals surface area contributed by atoms with Crippen molar-refractivity contribution in [2.75, 3.05) is 26.7 Å². The zero-order valence-corrected chi connectivity index (χ0v) is 20.2. The third kappa shape index (κ3) is 4.14. The van der Waals surface area contributed by atoms with Gasteiger partial charge in [0, 0.05) is 23.6 Å².